The van der Waals surface area contributed by atoms with Crippen molar-refractivity contribution in [3.8, 4) is 0 Å². The number of rotatable bonds is 8. The summed E-state index contributed by atoms with van der Waals surface area (Å²) in [5.41, 5.74) is 6.58. The first-order valence-electron chi connectivity index (χ1n) is 21.0. The van der Waals surface area contributed by atoms with E-state index in [1.165, 1.54) is 38.5 Å². The van der Waals surface area contributed by atoms with Crippen LogP contribution < -0.4 is 10.6 Å². The zero-order valence-corrected chi connectivity index (χ0v) is 31.0. The molecule has 0 unspecified atom stereocenters. The summed E-state index contributed by atoms with van der Waals surface area (Å²) >= 11 is 0. The van der Waals surface area contributed by atoms with E-state index in [-0.39, 0.29) is 0 Å². The molecular weight excluding hydrogens is 566 g/mol. The van der Waals surface area contributed by atoms with Crippen LogP contribution >= 0.6 is 14.5 Å². The van der Waals surface area contributed by atoms with Crippen LogP contribution in [-0.2, 0) is 0 Å². The summed E-state index contributed by atoms with van der Waals surface area (Å²) in [4.78, 5) is 0. The third kappa shape index (κ3) is 6.19. The fourth-order valence-corrected chi connectivity index (χ4v) is 32.0. The number of hydrogen-bond donors (Lipinski definition) is 0. The van der Waals surface area contributed by atoms with Crippen molar-refractivity contribution in [2.45, 2.75) is 227 Å². The Hall–Kier alpha value is 0.0800. The molecule has 1 aromatic rings. The third-order valence-corrected chi connectivity index (χ3v) is 30.1. The predicted octanol–water partition coefficient (Wildman–Crippen LogP) is 12.4. The zero-order valence-electron chi connectivity index (χ0n) is 29.0. The van der Waals surface area contributed by atoms with E-state index in [2.05, 4.69) is 34.9 Å². The molecule has 250 valence electrons. The van der Waals surface area contributed by atoms with Crippen LogP contribution in [0.3, 0.4) is 0 Å². The predicted molar refractivity (Wildman–Crippen MR) is 204 cm³/mol. The van der Waals surface area contributed by atoms with Gasteiger partial charge in [0, 0.05) is 0 Å². The standard InChI is InChI=1S/C42H72P2/c1-7-21-35(22-8-1)43(36-23-9-2-10-24-36,37-25-11-3-12-26-37)41-33-19-20-34-42(41)44(38-27-13-4-14-28-38,39-29-15-5-16-30-39)40-31-17-6-18-32-40/h19-20,33-40,43-44H,1-18,21-32H2. The SMILES string of the molecule is c1ccc([PH](C2CCCCC2)(C2CCCCC2)C2CCCCC2)c([PH](C2CCCCC2)(C2CCCCC2)C2CCCCC2)c1. The second-order valence-electron chi connectivity index (χ2n) is 17.4. The van der Waals surface area contributed by atoms with Crippen molar-refractivity contribution in [1.29, 1.82) is 0 Å². The Morgan fingerprint density at radius 1 is 0.273 bits per heavy atom. The van der Waals surface area contributed by atoms with Crippen LogP contribution in [0.5, 0.6) is 0 Å². The van der Waals surface area contributed by atoms with Crippen LogP contribution in [0.1, 0.15) is 193 Å². The quantitative estimate of drug-likeness (QED) is 0.249. The van der Waals surface area contributed by atoms with E-state index in [1.54, 1.807) is 154 Å². The number of hydrogen-bond acceptors (Lipinski definition) is 0. The molecule has 0 nitrogen and oxygen atoms in total. The fraction of sp³-hybridized carbons (Fsp3) is 0.857. The maximum absolute atomic E-state index is 2.95. The monoisotopic (exact) mass is 639 g/mol. The molecule has 6 aliphatic rings. The molecular formula is C42H72P2. The van der Waals surface area contributed by atoms with E-state index in [1.807, 2.05) is 0 Å². The molecule has 0 atom stereocenters. The normalized spacial score (nSPS) is 28.2. The molecule has 6 aliphatic carbocycles. The van der Waals surface area contributed by atoms with Crippen molar-refractivity contribution in [2.75, 3.05) is 0 Å². The molecule has 1 aromatic carbocycles. The Morgan fingerprint density at radius 3 is 0.636 bits per heavy atom. The molecule has 0 N–H and O–H groups in total. The van der Waals surface area contributed by atoms with Gasteiger partial charge in [-0.25, -0.2) is 0 Å². The molecule has 0 radical (unpaired) electrons. The average molecular weight is 639 g/mol. The van der Waals surface area contributed by atoms with Gasteiger partial charge < -0.3 is 0 Å². The molecule has 2 heteroatoms. The molecule has 0 saturated heterocycles. The van der Waals surface area contributed by atoms with Crippen molar-refractivity contribution < 1.29 is 0 Å². The van der Waals surface area contributed by atoms with Crippen molar-refractivity contribution in [3.05, 3.63) is 24.3 Å². The molecule has 7 rings (SSSR count). The van der Waals surface area contributed by atoms with Crippen LogP contribution in [0, 0.1) is 0 Å². The van der Waals surface area contributed by atoms with Gasteiger partial charge in [0.15, 0.2) is 0 Å². The van der Waals surface area contributed by atoms with Gasteiger partial charge in [-0.05, 0) is 0 Å². The van der Waals surface area contributed by atoms with Gasteiger partial charge in [-0.2, -0.15) is 0 Å². The molecule has 0 bridgehead atoms. The topological polar surface area (TPSA) is 0 Å². The second kappa shape index (κ2) is 15.5. The molecule has 0 aliphatic heterocycles. The average Bonchev–Trinajstić information content (AvgIpc) is 3.12. The van der Waals surface area contributed by atoms with Crippen molar-refractivity contribution in [3.63, 3.8) is 0 Å². The van der Waals surface area contributed by atoms with Crippen molar-refractivity contribution >= 4 is 25.1 Å². The van der Waals surface area contributed by atoms with Gasteiger partial charge in [0.2, 0.25) is 0 Å². The summed E-state index contributed by atoms with van der Waals surface area (Å²) < 4.78 is 0. The van der Waals surface area contributed by atoms with Crippen LogP contribution in [-0.4, -0.2) is 34.0 Å². The summed E-state index contributed by atoms with van der Waals surface area (Å²) in [6.07, 6.45) is 47.1. The summed E-state index contributed by atoms with van der Waals surface area (Å²) in [6, 6.07) is 11.2. The first-order valence-corrected chi connectivity index (χ1v) is 25.4. The third-order valence-electron chi connectivity index (χ3n) is 15.5. The summed E-state index contributed by atoms with van der Waals surface area (Å²) in [5, 5.41) is 4.41. The van der Waals surface area contributed by atoms with Gasteiger partial charge in [0.1, 0.15) is 0 Å². The molecule has 44 heavy (non-hydrogen) atoms. The zero-order chi connectivity index (χ0) is 29.7. The van der Waals surface area contributed by atoms with Crippen LogP contribution in [0.2, 0.25) is 0 Å². The molecule has 6 saturated carbocycles. The van der Waals surface area contributed by atoms with E-state index in [0.29, 0.717) is 0 Å². The Kier molecular flexibility index (Phi) is 11.5. The molecule has 0 aromatic heterocycles. The Labute approximate surface area is 275 Å². The minimum absolute atomic E-state index is 1.10. The fourth-order valence-electron chi connectivity index (χ4n) is 14.0. The van der Waals surface area contributed by atoms with Gasteiger partial charge in [0.05, 0.1) is 0 Å². The van der Waals surface area contributed by atoms with Gasteiger partial charge in [0.25, 0.3) is 0 Å². The van der Waals surface area contributed by atoms with Crippen molar-refractivity contribution in [1.82, 2.24) is 0 Å². The van der Waals surface area contributed by atoms with E-state index in [4.69, 9.17) is 0 Å². The Balaban J connectivity index is 1.48. The molecule has 6 fully saturated rings. The second-order valence-corrected chi connectivity index (χ2v) is 27.1. The maximum atomic E-state index is 2.95. The van der Waals surface area contributed by atoms with Crippen LogP contribution in [0.15, 0.2) is 24.3 Å². The van der Waals surface area contributed by atoms with Gasteiger partial charge in [-0.15, -0.1) is 0 Å². The van der Waals surface area contributed by atoms with Crippen LogP contribution in [0.4, 0.5) is 0 Å². The first-order chi connectivity index (χ1) is 21.9. The van der Waals surface area contributed by atoms with Crippen molar-refractivity contribution in [2.24, 2.45) is 0 Å². The summed E-state index contributed by atoms with van der Waals surface area (Å²) in [5.74, 6) is 0. The molecule has 0 spiro atoms. The van der Waals surface area contributed by atoms with E-state index >= 15 is 0 Å². The first kappa shape index (κ1) is 32.6. The van der Waals surface area contributed by atoms with Gasteiger partial charge in [-0.3, -0.25) is 0 Å². The Morgan fingerprint density at radius 2 is 0.455 bits per heavy atom. The molecule has 0 heterocycles. The van der Waals surface area contributed by atoms with Gasteiger partial charge >= 0.3 is 276 Å². The van der Waals surface area contributed by atoms with E-state index in [0.717, 1.165) is 34.0 Å². The van der Waals surface area contributed by atoms with E-state index in [9.17, 15) is 0 Å². The minimum atomic E-state index is -1.78. The van der Waals surface area contributed by atoms with Gasteiger partial charge in [-0.1, -0.05) is 0 Å². The van der Waals surface area contributed by atoms with Crippen LogP contribution in [0.25, 0.3) is 0 Å². The van der Waals surface area contributed by atoms with E-state index < -0.39 is 14.5 Å². The Bertz CT molecular complexity index is 822. The summed E-state index contributed by atoms with van der Waals surface area (Å²) in [7, 11) is -3.56. The summed E-state index contributed by atoms with van der Waals surface area (Å²) in [6.45, 7) is 0. The molecule has 0 amide bonds. The number of benzene rings is 1.